The first kappa shape index (κ1) is 16.7. The second-order valence-corrected chi connectivity index (χ2v) is 6.15. The van der Waals surface area contributed by atoms with Crippen molar-refractivity contribution in [2.24, 2.45) is 5.92 Å². The lowest BCUT2D eigenvalue weighted by molar-refractivity contribution is 0.0939. The van der Waals surface area contributed by atoms with Gasteiger partial charge < -0.3 is 10.4 Å². The van der Waals surface area contributed by atoms with Crippen molar-refractivity contribution in [2.45, 2.75) is 46.1 Å². The van der Waals surface area contributed by atoms with E-state index in [-0.39, 0.29) is 18.6 Å². The van der Waals surface area contributed by atoms with Crippen LogP contribution in [0.25, 0.3) is 0 Å². The predicted molar refractivity (Wildman–Crippen MR) is 83.9 cm³/mol. The van der Waals surface area contributed by atoms with Crippen LogP contribution in [0, 0.1) is 17.8 Å². The molecule has 1 aromatic heterocycles. The summed E-state index contributed by atoms with van der Waals surface area (Å²) in [5.74, 6) is 6.39. The van der Waals surface area contributed by atoms with Gasteiger partial charge in [-0.1, -0.05) is 32.1 Å². The SMILES string of the molecule is CCC(C)CC(C)NC(=O)c1ccc(C#CCCO)s1. The van der Waals surface area contributed by atoms with Gasteiger partial charge in [-0.3, -0.25) is 4.79 Å². The molecule has 110 valence electrons. The molecule has 0 saturated heterocycles. The molecule has 0 fully saturated rings. The fourth-order valence-electron chi connectivity index (χ4n) is 1.86. The van der Waals surface area contributed by atoms with Crippen molar-refractivity contribution >= 4 is 17.2 Å². The van der Waals surface area contributed by atoms with E-state index in [1.165, 1.54) is 11.3 Å². The van der Waals surface area contributed by atoms with Crippen LogP contribution < -0.4 is 5.32 Å². The van der Waals surface area contributed by atoms with Gasteiger partial charge in [0, 0.05) is 12.5 Å². The highest BCUT2D eigenvalue weighted by Crippen LogP contribution is 2.16. The highest BCUT2D eigenvalue weighted by molar-refractivity contribution is 7.14. The zero-order chi connectivity index (χ0) is 15.0. The fourth-order valence-corrected chi connectivity index (χ4v) is 2.64. The molecular weight excluding hydrogens is 270 g/mol. The van der Waals surface area contributed by atoms with Crippen molar-refractivity contribution in [3.05, 3.63) is 21.9 Å². The van der Waals surface area contributed by atoms with Crippen molar-refractivity contribution < 1.29 is 9.90 Å². The molecule has 0 aliphatic heterocycles. The van der Waals surface area contributed by atoms with E-state index >= 15 is 0 Å². The van der Waals surface area contributed by atoms with Crippen LogP contribution in [0.15, 0.2) is 12.1 Å². The van der Waals surface area contributed by atoms with E-state index in [2.05, 4.69) is 31.0 Å². The summed E-state index contributed by atoms with van der Waals surface area (Å²) in [7, 11) is 0. The maximum Gasteiger partial charge on any atom is 0.261 e. The molecule has 1 aromatic rings. The Morgan fingerprint density at radius 3 is 2.85 bits per heavy atom. The summed E-state index contributed by atoms with van der Waals surface area (Å²) in [4.78, 5) is 13.6. The maximum atomic E-state index is 12.1. The normalized spacial score (nSPS) is 13.2. The van der Waals surface area contributed by atoms with E-state index in [1.54, 1.807) is 6.07 Å². The molecule has 0 aliphatic rings. The Morgan fingerprint density at radius 2 is 2.20 bits per heavy atom. The molecule has 0 bridgehead atoms. The van der Waals surface area contributed by atoms with Gasteiger partial charge in [0.05, 0.1) is 16.4 Å². The van der Waals surface area contributed by atoms with E-state index in [4.69, 9.17) is 5.11 Å². The minimum absolute atomic E-state index is 0.0268. The molecule has 1 amide bonds. The molecule has 1 heterocycles. The standard InChI is InChI=1S/C16H23NO2S/c1-4-12(2)11-13(3)17-16(19)15-9-8-14(20-15)7-5-6-10-18/h8-9,12-13,18H,4,6,10-11H2,1-3H3,(H,17,19). The molecule has 2 unspecified atom stereocenters. The number of aliphatic hydroxyl groups is 1. The number of hydrogen-bond donors (Lipinski definition) is 2. The average Bonchev–Trinajstić information content (AvgIpc) is 2.87. The van der Waals surface area contributed by atoms with E-state index in [0.717, 1.165) is 17.7 Å². The molecule has 2 atom stereocenters. The molecule has 4 heteroatoms. The number of hydrogen-bond acceptors (Lipinski definition) is 3. The lowest BCUT2D eigenvalue weighted by Gasteiger charge is -2.16. The van der Waals surface area contributed by atoms with Crippen molar-refractivity contribution in [3.63, 3.8) is 0 Å². The Labute approximate surface area is 125 Å². The molecule has 2 N–H and O–H groups in total. The lowest BCUT2D eigenvalue weighted by atomic mass is 10.0. The minimum Gasteiger partial charge on any atom is -0.395 e. The van der Waals surface area contributed by atoms with Crippen molar-refractivity contribution in [1.82, 2.24) is 5.32 Å². The Kier molecular flexibility index (Phi) is 7.35. The van der Waals surface area contributed by atoms with Crippen LogP contribution in [-0.4, -0.2) is 23.7 Å². The van der Waals surface area contributed by atoms with Crippen LogP contribution in [0.3, 0.4) is 0 Å². The highest BCUT2D eigenvalue weighted by atomic mass is 32.1. The first-order valence-corrected chi connectivity index (χ1v) is 7.88. The van der Waals surface area contributed by atoms with Crippen LogP contribution in [0.2, 0.25) is 0 Å². The number of amides is 1. The van der Waals surface area contributed by atoms with Gasteiger partial charge in [-0.25, -0.2) is 0 Å². The number of carbonyl (C=O) groups excluding carboxylic acids is 1. The molecule has 3 nitrogen and oxygen atoms in total. The highest BCUT2D eigenvalue weighted by Gasteiger charge is 2.13. The first-order valence-electron chi connectivity index (χ1n) is 7.07. The Morgan fingerprint density at radius 1 is 1.45 bits per heavy atom. The largest absolute Gasteiger partial charge is 0.395 e. The summed E-state index contributed by atoms with van der Waals surface area (Å²) in [5, 5.41) is 11.7. The van der Waals surface area contributed by atoms with E-state index in [1.807, 2.05) is 13.0 Å². The molecular formula is C16H23NO2S. The second kappa shape index (κ2) is 8.78. The molecule has 0 radical (unpaired) electrons. The molecule has 20 heavy (non-hydrogen) atoms. The van der Waals surface area contributed by atoms with Crippen LogP contribution in [0.1, 0.15) is 54.6 Å². The summed E-state index contributed by atoms with van der Waals surface area (Å²) in [6.45, 7) is 6.47. The van der Waals surface area contributed by atoms with Gasteiger partial charge in [0.15, 0.2) is 0 Å². The van der Waals surface area contributed by atoms with E-state index in [0.29, 0.717) is 17.2 Å². The van der Waals surface area contributed by atoms with E-state index in [9.17, 15) is 4.79 Å². The third kappa shape index (κ3) is 5.77. The first-order chi connectivity index (χ1) is 9.56. The van der Waals surface area contributed by atoms with Crippen LogP contribution in [-0.2, 0) is 0 Å². The Balaban J connectivity index is 2.54. The van der Waals surface area contributed by atoms with Gasteiger partial charge in [0.2, 0.25) is 0 Å². The molecule has 0 aromatic carbocycles. The third-order valence-corrected chi connectivity index (χ3v) is 4.11. The van der Waals surface area contributed by atoms with Gasteiger partial charge in [-0.15, -0.1) is 11.3 Å². The van der Waals surface area contributed by atoms with Crippen molar-refractivity contribution in [3.8, 4) is 11.8 Å². The van der Waals surface area contributed by atoms with Crippen molar-refractivity contribution in [2.75, 3.05) is 6.61 Å². The number of aliphatic hydroxyl groups excluding tert-OH is 1. The second-order valence-electron chi connectivity index (χ2n) is 5.06. The Hall–Kier alpha value is -1.31. The van der Waals surface area contributed by atoms with Crippen LogP contribution in [0.4, 0.5) is 0 Å². The summed E-state index contributed by atoms with van der Waals surface area (Å²) in [5.41, 5.74) is 0. The third-order valence-electron chi connectivity index (χ3n) is 3.11. The summed E-state index contributed by atoms with van der Waals surface area (Å²) in [6, 6.07) is 3.84. The monoisotopic (exact) mass is 293 g/mol. The number of thiophene rings is 1. The number of carbonyl (C=O) groups is 1. The van der Waals surface area contributed by atoms with Crippen LogP contribution in [0.5, 0.6) is 0 Å². The van der Waals surface area contributed by atoms with Gasteiger partial charge in [0.1, 0.15) is 0 Å². The van der Waals surface area contributed by atoms with Gasteiger partial charge in [-0.05, 0) is 31.4 Å². The zero-order valence-corrected chi connectivity index (χ0v) is 13.2. The number of nitrogens with one attached hydrogen (secondary N) is 1. The number of rotatable bonds is 6. The Bertz CT molecular complexity index is 484. The van der Waals surface area contributed by atoms with E-state index < -0.39 is 0 Å². The van der Waals surface area contributed by atoms with Crippen LogP contribution >= 0.6 is 11.3 Å². The van der Waals surface area contributed by atoms with Gasteiger partial charge in [-0.2, -0.15) is 0 Å². The molecule has 0 aliphatic carbocycles. The quantitative estimate of drug-likeness (QED) is 0.792. The summed E-state index contributed by atoms with van der Waals surface area (Å²) in [6.07, 6.45) is 2.59. The summed E-state index contributed by atoms with van der Waals surface area (Å²) >= 11 is 1.39. The van der Waals surface area contributed by atoms with Gasteiger partial charge >= 0.3 is 0 Å². The smallest absolute Gasteiger partial charge is 0.261 e. The topological polar surface area (TPSA) is 49.3 Å². The maximum absolute atomic E-state index is 12.1. The molecule has 0 spiro atoms. The fraction of sp³-hybridized carbons (Fsp3) is 0.562. The van der Waals surface area contributed by atoms with Crippen molar-refractivity contribution in [1.29, 1.82) is 0 Å². The zero-order valence-electron chi connectivity index (χ0n) is 12.4. The van der Waals surface area contributed by atoms with Gasteiger partial charge in [0.25, 0.3) is 5.91 Å². The molecule has 1 rings (SSSR count). The molecule has 0 saturated carbocycles. The summed E-state index contributed by atoms with van der Waals surface area (Å²) < 4.78 is 0. The predicted octanol–water partition coefficient (Wildman–Crippen LogP) is 3.04. The lowest BCUT2D eigenvalue weighted by Crippen LogP contribution is -2.33. The average molecular weight is 293 g/mol. The minimum atomic E-state index is -0.0268.